The highest BCUT2D eigenvalue weighted by Gasteiger charge is 2.49. The third kappa shape index (κ3) is 2.05. The number of likely N-dealkylation sites (tertiary alicyclic amines) is 2. The zero-order valence-corrected chi connectivity index (χ0v) is 11.2. The van der Waals surface area contributed by atoms with Gasteiger partial charge in [0, 0.05) is 19.1 Å². The first-order chi connectivity index (χ1) is 8.66. The van der Waals surface area contributed by atoms with Gasteiger partial charge in [-0.3, -0.25) is 9.69 Å². The van der Waals surface area contributed by atoms with Crippen LogP contribution in [0.4, 0.5) is 0 Å². The van der Waals surface area contributed by atoms with Crippen molar-refractivity contribution in [3.8, 4) is 0 Å². The molecule has 18 heavy (non-hydrogen) atoms. The van der Waals surface area contributed by atoms with Gasteiger partial charge in [-0.05, 0) is 51.1 Å². The van der Waals surface area contributed by atoms with Gasteiger partial charge in [-0.15, -0.1) is 0 Å². The Hall–Kier alpha value is -0.610. The van der Waals surface area contributed by atoms with Crippen LogP contribution in [0.1, 0.15) is 32.1 Å². The molecule has 4 atom stereocenters. The lowest BCUT2D eigenvalue weighted by Crippen LogP contribution is -2.51. The van der Waals surface area contributed by atoms with Gasteiger partial charge in [0.15, 0.2) is 0 Å². The number of carboxylic acids is 1. The van der Waals surface area contributed by atoms with E-state index in [9.17, 15) is 9.90 Å². The fourth-order valence-electron chi connectivity index (χ4n) is 4.45. The van der Waals surface area contributed by atoms with Crippen LogP contribution < -0.4 is 0 Å². The average molecular weight is 252 g/mol. The number of carbonyl (C=O) groups is 1. The summed E-state index contributed by atoms with van der Waals surface area (Å²) in [6, 6.07) is 0.268. The number of nitrogens with zero attached hydrogens (tertiary/aromatic N) is 2. The van der Waals surface area contributed by atoms with E-state index in [0.717, 1.165) is 26.1 Å². The molecule has 4 nitrogen and oxygen atoms in total. The normalized spacial score (nSPS) is 42.1. The smallest absolute Gasteiger partial charge is 0.321 e. The molecule has 3 fully saturated rings. The molecule has 2 aliphatic heterocycles. The summed E-state index contributed by atoms with van der Waals surface area (Å²) in [5, 5.41) is 9.57. The zero-order chi connectivity index (χ0) is 12.7. The van der Waals surface area contributed by atoms with Gasteiger partial charge in [0.05, 0.1) is 0 Å². The standard InChI is InChI=1S/C14H24N2O2/c1-15-7-3-5-11(9-15)16-8-10-4-2-6-12(10)13(16)14(17)18/h10-13H,2-9H2,1H3,(H,17,18). The molecule has 1 aliphatic carbocycles. The van der Waals surface area contributed by atoms with E-state index >= 15 is 0 Å². The van der Waals surface area contributed by atoms with Crippen LogP contribution in [-0.4, -0.2) is 59.6 Å². The van der Waals surface area contributed by atoms with Crippen LogP contribution in [0.3, 0.4) is 0 Å². The molecule has 0 radical (unpaired) electrons. The Balaban J connectivity index is 1.76. The predicted molar refractivity (Wildman–Crippen MR) is 69.5 cm³/mol. The number of carboxylic acid groups (broad SMARTS) is 1. The van der Waals surface area contributed by atoms with E-state index in [1.165, 1.54) is 25.7 Å². The van der Waals surface area contributed by atoms with Crippen LogP contribution in [0, 0.1) is 11.8 Å². The molecule has 3 rings (SSSR count). The van der Waals surface area contributed by atoms with E-state index in [1.807, 2.05) is 0 Å². The maximum absolute atomic E-state index is 11.6. The Morgan fingerprint density at radius 2 is 2.00 bits per heavy atom. The number of fused-ring (bicyclic) bond motifs is 1. The van der Waals surface area contributed by atoms with Crippen molar-refractivity contribution in [2.24, 2.45) is 11.8 Å². The molecular formula is C14H24N2O2. The number of rotatable bonds is 2. The van der Waals surface area contributed by atoms with Gasteiger partial charge in [0.2, 0.25) is 0 Å². The van der Waals surface area contributed by atoms with E-state index in [-0.39, 0.29) is 6.04 Å². The molecule has 3 aliphatic rings. The summed E-state index contributed by atoms with van der Waals surface area (Å²) in [7, 11) is 2.15. The predicted octanol–water partition coefficient (Wildman–Crippen LogP) is 1.27. The summed E-state index contributed by atoms with van der Waals surface area (Å²) in [5.41, 5.74) is 0. The van der Waals surface area contributed by atoms with E-state index in [1.54, 1.807) is 0 Å². The summed E-state index contributed by atoms with van der Waals surface area (Å²) < 4.78 is 0. The molecule has 2 heterocycles. The zero-order valence-electron chi connectivity index (χ0n) is 11.2. The number of aliphatic carboxylic acids is 1. The summed E-state index contributed by atoms with van der Waals surface area (Å²) in [5.74, 6) is 0.491. The van der Waals surface area contributed by atoms with Gasteiger partial charge < -0.3 is 10.0 Å². The average Bonchev–Trinajstić information content (AvgIpc) is 2.87. The lowest BCUT2D eigenvalue weighted by Gasteiger charge is -2.38. The van der Waals surface area contributed by atoms with Gasteiger partial charge in [-0.2, -0.15) is 0 Å². The molecule has 4 unspecified atom stereocenters. The number of hydrogen-bond donors (Lipinski definition) is 1. The molecule has 102 valence electrons. The molecule has 0 aromatic heterocycles. The van der Waals surface area contributed by atoms with Crippen LogP contribution in [0.15, 0.2) is 0 Å². The maximum Gasteiger partial charge on any atom is 0.321 e. The van der Waals surface area contributed by atoms with Crippen LogP contribution >= 0.6 is 0 Å². The number of hydrogen-bond acceptors (Lipinski definition) is 3. The second-order valence-electron chi connectivity index (χ2n) is 6.39. The lowest BCUT2D eigenvalue weighted by atomic mass is 9.93. The van der Waals surface area contributed by atoms with Crippen LogP contribution in [-0.2, 0) is 4.79 Å². The van der Waals surface area contributed by atoms with Crippen LogP contribution in [0.5, 0.6) is 0 Å². The lowest BCUT2D eigenvalue weighted by molar-refractivity contribution is -0.144. The fourth-order valence-corrected chi connectivity index (χ4v) is 4.45. The fraction of sp³-hybridized carbons (Fsp3) is 0.929. The molecular weight excluding hydrogens is 228 g/mol. The molecule has 0 spiro atoms. The highest BCUT2D eigenvalue weighted by Crippen LogP contribution is 2.43. The number of piperidine rings is 1. The molecule has 4 heteroatoms. The van der Waals surface area contributed by atoms with Crippen molar-refractivity contribution in [2.45, 2.75) is 44.2 Å². The molecule has 0 amide bonds. The Bertz CT molecular complexity index is 334. The summed E-state index contributed by atoms with van der Waals surface area (Å²) in [6.07, 6.45) is 5.98. The summed E-state index contributed by atoms with van der Waals surface area (Å²) in [4.78, 5) is 16.3. The second kappa shape index (κ2) is 4.82. The molecule has 0 aromatic rings. The Morgan fingerprint density at radius 3 is 2.72 bits per heavy atom. The SMILES string of the molecule is CN1CCCC(N2CC3CCCC3C2C(=O)O)C1. The Labute approximate surface area is 109 Å². The van der Waals surface area contributed by atoms with Crippen molar-refractivity contribution in [3.63, 3.8) is 0 Å². The molecule has 2 saturated heterocycles. The van der Waals surface area contributed by atoms with Gasteiger partial charge >= 0.3 is 5.97 Å². The highest BCUT2D eigenvalue weighted by atomic mass is 16.4. The van der Waals surface area contributed by atoms with Crippen molar-refractivity contribution in [3.05, 3.63) is 0 Å². The Morgan fingerprint density at radius 1 is 1.17 bits per heavy atom. The van der Waals surface area contributed by atoms with Crippen LogP contribution in [0.2, 0.25) is 0 Å². The quantitative estimate of drug-likeness (QED) is 0.803. The second-order valence-corrected chi connectivity index (χ2v) is 6.39. The van der Waals surface area contributed by atoms with Crippen molar-refractivity contribution >= 4 is 5.97 Å². The van der Waals surface area contributed by atoms with E-state index in [2.05, 4.69) is 16.8 Å². The van der Waals surface area contributed by atoms with Crippen LogP contribution in [0.25, 0.3) is 0 Å². The first kappa shape index (κ1) is 12.4. The van der Waals surface area contributed by atoms with Gasteiger partial charge in [-0.1, -0.05) is 6.42 Å². The first-order valence-corrected chi connectivity index (χ1v) is 7.34. The first-order valence-electron chi connectivity index (χ1n) is 7.34. The van der Waals surface area contributed by atoms with E-state index in [4.69, 9.17) is 0 Å². The Kier molecular flexibility index (Phi) is 3.32. The van der Waals surface area contributed by atoms with Crippen molar-refractivity contribution in [2.75, 3.05) is 26.7 Å². The minimum Gasteiger partial charge on any atom is -0.480 e. The molecule has 0 aromatic carbocycles. The summed E-state index contributed by atoms with van der Waals surface area (Å²) in [6.45, 7) is 3.23. The number of likely N-dealkylation sites (N-methyl/N-ethyl adjacent to an activating group) is 1. The molecule has 1 N–H and O–H groups in total. The largest absolute Gasteiger partial charge is 0.480 e. The summed E-state index contributed by atoms with van der Waals surface area (Å²) >= 11 is 0. The molecule has 1 saturated carbocycles. The topological polar surface area (TPSA) is 43.8 Å². The molecule has 0 bridgehead atoms. The third-order valence-electron chi connectivity index (χ3n) is 5.25. The van der Waals surface area contributed by atoms with Gasteiger partial charge in [0.25, 0.3) is 0 Å². The van der Waals surface area contributed by atoms with E-state index < -0.39 is 5.97 Å². The third-order valence-corrected chi connectivity index (χ3v) is 5.25. The van der Waals surface area contributed by atoms with Crippen molar-refractivity contribution in [1.29, 1.82) is 0 Å². The minimum absolute atomic E-state index is 0.200. The maximum atomic E-state index is 11.6. The van der Waals surface area contributed by atoms with E-state index in [0.29, 0.717) is 17.9 Å². The monoisotopic (exact) mass is 252 g/mol. The minimum atomic E-state index is -0.586. The van der Waals surface area contributed by atoms with Crippen molar-refractivity contribution < 1.29 is 9.90 Å². The van der Waals surface area contributed by atoms with Gasteiger partial charge in [0.1, 0.15) is 6.04 Å². The van der Waals surface area contributed by atoms with Gasteiger partial charge in [-0.25, -0.2) is 0 Å². The highest BCUT2D eigenvalue weighted by molar-refractivity contribution is 5.74. The van der Waals surface area contributed by atoms with Crippen molar-refractivity contribution in [1.82, 2.24) is 9.80 Å².